The molecule has 0 aromatic heterocycles. The summed E-state index contributed by atoms with van der Waals surface area (Å²) in [5.41, 5.74) is -0.722. The number of hydrogen-bond acceptors (Lipinski definition) is 4. The third-order valence-corrected chi connectivity index (χ3v) is 2.91. The van der Waals surface area contributed by atoms with E-state index in [1.807, 2.05) is 0 Å². The van der Waals surface area contributed by atoms with E-state index in [0.29, 0.717) is 5.56 Å². The van der Waals surface area contributed by atoms with Crippen molar-refractivity contribution in [2.24, 2.45) is 0 Å². The fraction of sp³-hybridized carbons (Fsp3) is 0.364. The summed E-state index contributed by atoms with van der Waals surface area (Å²) in [5.74, 6) is -0.564. The highest BCUT2D eigenvalue weighted by Gasteiger charge is 2.35. The molecule has 0 aliphatic heterocycles. The van der Waals surface area contributed by atoms with Gasteiger partial charge in [0.2, 0.25) is 0 Å². The Morgan fingerprint density at radius 2 is 1.83 bits per heavy atom. The van der Waals surface area contributed by atoms with Gasteiger partial charge in [-0.2, -0.15) is 0 Å². The van der Waals surface area contributed by atoms with E-state index in [2.05, 4.69) is 9.26 Å². The third kappa shape index (κ3) is 3.32. The first-order valence-corrected chi connectivity index (χ1v) is 6.64. The molecule has 0 spiro atoms. The van der Waals surface area contributed by atoms with E-state index >= 15 is 0 Å². The van der Waals surface area contributed by atoms with Gasteiger partial charge in [0.05, 0.1) is 12.5 Å². The predicted octanol–water partition coefficient (Wildman–Crippen LogP) is 1.61. The predicted molar refractivity (Wildman–Crippen MR) is 64.2 cm³/mol. The van der Waals surface area contributed by atoms with Crippen LogP contribution in [-0.4, -0.2) is 22.9 Å². The maximum absolute atomic E-state index is 11.7. The van der Waals surface area contributed by atoms with E-state index in [-0.39, 0.29) is 5.75 Å². The number of esters is 1. The smallest absolute Gasteiger partial charge is 0.468 e. The van der Waals surface area contributed by atoms with Crippen LogP contribution in [-0.2, 0) is 19.5 Å². The van der Waals surface area contributed by atoms with Crippen LogP contribution in [0.15, 0.2) is 24.3 Å². The Bertz CT molecular complexity index is 490. The van der Waals surface area contributed by atoms with Gasteiger partial charge in [-0.05, 0) is 19.9 Å². The van der Waals surface area contributed by atoms with Gasteiger partial charge in [-0.3, -0.25) is 14.6 Å². The second-order valence-electron chi connectivity index (χ2n) is 4.19. The topological polar surface area (TPSA) is 93.1 Å². The van der Waals surface area contributed by atoms with Gasteiger partial charge in [-0.25, -0.2) is 4.57 Å². The quantitative estimate of drug-likeness (QED) is 0.640. The van der Waals surface area contributed by atoms with Crippen molar-refractivity contribution < 1.29 is 28.4 Å². The molecule has 0 bridgehead atoms. The largest absolute Gasteiger partial charge is 0.524 e. The first kappa shape index (κ1) is 14.7. The van der Waals surface area contributed by atoms with Crippen LogP contribution in [0.1, 0.15) is 19.4 Å². The van der Waals surface area contributed by atoms with E-state index in [1.165, 1.54) is 13.2 Å². The summed E-state index contributed by atoms with van der Waals surface area (Å²) < 4.78 is 20.1. The Labute approximate surface area is 105 Å². The average molecular weight is 274 g/mol. The number of rotatable bonds is 4. The van der Waals surface area contributed by atoms with E-state index < -0.39 is 19.2 Å². The zero-order valence-corrected chi connectivity index (χ0v) is 11.2. The van der Waals surface area contributed by atoms with Crippen molar-refractivity contribution >= 4 is 13.8 Å². The molecular weight excluding hydrogens is 259 g/mol. The van der Waals surface area contributed by atoms with Crippen molar-refractivity contribution in [2.45, 2.75) is 19.3 Å². The Morgan fingerprint density at radius 1 is 1.28 bits per heavy atom. The number of phosphoric acid groups is 1. The molecule has 0 saturated carbocycles. The number of methoxy groups -OCH3 is 1. The van der Waals surface area contributed by atoms with Crippen molar-refractivity contribution in [1.29, 1.82) is 0 Å². The molecule has 0 fully saturated rings. The van der Waals surface area contributed by atoms with Crippen LogP contribution in [0.3, 0.4) is 0 Å². The van der Waals surface area contributed by atoms with Crippen LogP contribution in [0.4, 0.5) is 0 Å². The number of carbonyl (C=O) groups excluding carboxylic acids is 1. The zero-order chi connectivity index (χ0) is 14.0. The minimum absolute atomic E-state index is 0.0405. The number of para-hydroxylation sites is 1. The van der Waals surface area contributed by atoms with Gasteiger partial charge < -0.3 is 9.26 Å². The zero-order valence-electron chi connectivity index (χ0n) is 10.3. The van der Waals surface area contributed by atoms with Gasteiger partial charge in [-0.15, -0.1) is 0 Å². The normalized spacial score (nSPS) is 12.1. The van der Waals surface area contributed by atoms with Gasteiger partial charge >= 0.3 is 13.8 Å². The second kappa shape index (κ2) is 5.10. The molecule has 18 heavy (non-hydrogen) atoms. The first-order chi connectivity index (χ1) is 8.18. The average Bonchev–Trinajstić information content (AvgIpc) is 2.26. The molecule has 0 atom stereocenters. The number of carbonyl (C=O) groups is 1. The van der Waals surface area contributed by atoms with Crippen LogP contribution >= 0.6 is 7.82 Å². The Kier molecular flexibility index (Phi) is 4.16. The van der Waals surface area contributed by atoms with Crippen LogP contribution in [0.5, 0.6) is 5.75 Å². The standard InChI is InChI=1S/C11H15O6P/c1-11(2,10(12)16-3)8-6-4-5-7-9(8)17-18(13,14)15/h4-7H,1-3H3,(H2,13,14,15). The number of hydrogen-bond donors (Lipinski definition) is 2. The van der Waals surface area contributed by atoms with Crippen molar-refractivity contribution in [2.75, 3.05) is 7.11 Å². The van der Waals surface area contributed by atoms with E-state index in [9.17, 15) is 9.36 Å². The lowest BCUT2D eigenvalue weighted by Gasteiger charge is -2.24. The molecule has 0 radical (unpaired) electrons. The molecule has 6 nitrogen and oxygen atoms in total. The third-order valence-electron chi connectivity index (χ3n) is 2.47. The summed E-state index contributed by atoms with van der Waals surface area (Å²) in [6.45, 7) is 3.17. The van der Waals surface area contributed by atoms with E-state index in [0.717, 1.165) is 0 Å². The molecule has 0 unspecified atom stereocenters. The molecule has 0 aliphatic rings. The number of phosphoric ester groups is 1. The molecular formula is C11H15O6P. The molecule has 1 aromatic rings. The highest BCUT2D eigenvalue weighted by atomic mass is 31.2. The van der Waals surface area contributed by atoms with Crippen LogP contribution in [0.25, 0.3) is 0 Å². The van der Waals surface area contributed by atoms with Gasteiger partial charge in [0.1, 0.15) is 5.75 Å². The fourth-order valence-corrected chi connectivity index (χ4v) is 1.97. The molecule has 2 N–H and O–H groups in total. The summed E-state index contributed by atoms with van der Waals surface area (Å²) in [6, 6.07) is 6.15. The SMILES string of the molecule is COC(=O)C(C)(C)c1ccccc1OP(=O)(O)O. The van der Waals surface area contributed by atoms with Gasteiger partial charge in [0.15, 0.2) is 0 Å². The van der Waals surface area contributed by atoms with Gasteiger partial charge in [-0.1, -0.05) is 18.2 Å². The van der Waals surface area contributed by atoms with Gasteiger partial charge in [0, 0.05) is 5.56 Å². The van der Waals surface area contributed by atoms with Crippen LogP contribution in [0, 0.1) is 0 Å². The molecule has 0 heterocycles. The second-order valence-corrected chi connectivity index (χ2v) is 5.36. The molecule has 0 aliphatic carbocycles. The van der Waals surface area contributed by atoms with Crippen LogP contribution in [0.2, 0.25) is 0 Å². The van der Waals surface area contributed by atoms with Crippen LogP contribution < -0.4 is 4.52 Å². The Morgan fingerprint density at radius 3 is 2.33 bits per heavy atom. The molecule has 7 heteroatoms. The number of ether oxygens (including phenoxy) is 1. The summed E-state index contributed by atoms with van der Waals surface area (Å²) >= 11 is 0. The van der Waals surface area contributed by atoms with Crippen molar-refractivity contribution in [3.05, 3.63) is 29.8 Å². The molecule has 0 amide bonds. The van der Waals surface area contributed by atoms with Gasteiger partial charge in [0.25, 0.3) is 0 Å². The molecule has 0 saturated heterocycles. The molecule has 1 rings (SSSR count). The summed E-state index contributed by atoms with van der Waals surface area (Å²) in [5, 5.41) is 0. The van der Waals surface area contributed by atoms with Crippen molar-refractivity contribution in [3.8, 4) is 5.75 Å². The lowest BCUT2D eigenvalue weighted by Crippen LogP contribution is -2.30. The monoisotopic (exact) mass is 274 g/mol. The number of benzene rings is 1. The molecule has 100 valence electrons. The van der Waals surface area contributed by atoms with Crippen molar-refractivity contribution in [1.82, 2.24) is 0 Å². The minimum atomic E-state index is -4.67. The highest BCUT2D eigenvalue weighted by Crippen LogP contribution is 2.42. The molecule has 1 aromatic carbocycles. The highest BCUT2D eigenvalue weighted by molar-refractivity contribution is 7.46. The Balaban J connectivity index is 3.25. The maximum atomic E-state index is 11.7. The minimum Gasteiger partial charge on any atom is -0.468 e. The van der Waals surface area contributed by atoms with Crippen molar-refractivity contribution in [3.63, 3.8) is 0 Å². The lowest BCUT2D eigenvalue weighted by molar-refractivity contribution is -0.146. The van der Waals surface area contributed by atoms with E-state index in [4.69, 9.17) is 9.79 Å². The van der Waals surface area contributed by atoms with E-state index in [1.54, 1.807) is 32.0 Å². The summed E-state index contributed by atoms with van der Waals surface area (Å²) in [6.07, 6.45) is 0. The first-order valence-electron chi connectivity index (χ1n) is 5.11. The lowest BCUT2D eigenvalue weighted by atomic mass is 9.84. The summed E-state index contributed by atoms with van der Waals surface area (Å²) in [4.78, 5) is 29.3. The fourth-order valence-electron chi connectivity index (χ4n) is 1.56. The Hall–Kier alpha value is -1.36. The maximum Gasteiger partial charge on any atom is 0.524 e. The summed E-state index contributed by atoms with van der Waals surface area (Å²) in [7, 11) is -3.43.